The van der Waals surface area contributed by atoms with Crippen molar-refractivity contribution in [2.45, 2.75) is 32.1 Å². The first-order valence-corrected chi connectivity index (χ1v) is 8.28. The van der Waals surface area contributed by atoms with Crippen LogP contribution in [0.5, 0.6) is 0 Å². The van der Waals surface area contributed by atoms with Crippen molar-refractivity contribution in [2.75, 3.05) is 33.4 Å². The Morgan fingerprint density at radius 3 is 2.65 bits per heavy atom. The molecule has 0 N–H and O–H groups in total. The molecule has 0 radical (unpaired) electrons. The van der Waals surface area contributed by atoms with Crippen LogP contribution in [-0.4, -0.2) is 50.1 Å². The van der Waals surface area contributed by atoms with Crippen LogP contribution in [0.2, 0.25) is 0 Å². The van der Waals surface area contributed by atoms with Crippen molar-refractivity contribution in [1.29, 1.82) is 0 Å². The number of hydrogen-bond donors (Lipinski definition) is 0. The Morgan fingerprint density at radius 1 is 1.30 bits per heavy atom. The zero-order valence-electron chi connectivity index (χ0n) is 13.9. The highest BCUT2D eigenvalue weighted by Crippen LogP contribution is 2.34. The smallest absolute Gasteiger partial charge is 0.337 e. The summed E-state index contributed by atoms with van der Waals surface area (Å²) in [7, 11) is 1.40. The van der Waals surface area contributed by atoms with Crippen LogP contribution < -0.4 is 0 Å². The Morgan fingerprint density at radius 2 is 2.00 bits per heavy atom. The minimum atomic E-state index is -0.423. The third kappa shape index (κ3) is 3.74. The number of benzene rings is 1. The molecule has 0 amide bonds. The van der Waals surface area contributed by atoms with Gasteiger partial charge in [0.25, 0.3) is 0 Å². The molecule has 2 aliphatic heterocycles. The number of carbonyl (C=O) groups excluding carboxylic acids is 1. The van der Waals surface area contributed by atoms with Crippen LogP contribution in [0.3, 0.4) is 0 Å². The van der Waals surface area contributed by atoms with E-state index in [-0.39, 0.29) is 5.97 Å². The molecule has 5 nitrogen and oxygen atoms in total. The summed E-state index contributed by atoms with van der Waals surface area (Å²) in [5.41, 5.74) is 1.80. The molecule has 0 aliphatic carbocycles. The van der Waals surface area contributed by atoms with Gasteiger partial charge in [0.2, 0.25) is 0 Å². The van der Waals surface area contributed by atoms with E-state index in [0.717, 1.165) is 32.5 Å². The van der Waals surface area contributed by atoms with E-state index in [2.05, 4.69) is 11.8 Å². The molecular weight excluding hydrogens is 294 g/mol. The molecule has 3 rings (SSSR count). The lowest BCUT2D eigenvalue weighted by Gasteiger charge is -2.40. The standard InChI is InChI=1S/C18H25NO4/c1-18(22-10-11-23-18)16-4-3-9-19(13-16)12-14-5-7-15(8-6-14)17(20)21-2/h5-8,16H,3-4,9-13H2,1-2H3/t16-/m1/s1. The molecule has 0 spiro atoms. The van der Waals surface area contributed by atoms with E-state index in [4.69, 9.17) is 14.2 Å². The van der Waals surface area contributed by atoms with Gasteiger partial charge in [-0.2, -0.15) is 0 Å². The molecule has 2 heterocycles. The van der Waals surface area contributed by atoms with Crippen molar-refractivity contribution < 1.29 is 19.0 Å². The first kappa shape index (κ1) is 16.4. The Labute approximate surface area is 137 Å². The number of piperidine rings is 1. The van der Waals surface area contributed by atoms with Gasteiger partial charge in [-0.3, -0.25) is 4.90 Å². The Hall–Kier alpha value is -1.43. The molecule has 5 heteroatoms. The van der Waals surface area contributed by atoms with Gasteiger partial charge in [-0.15, -0.1) is 0 Å². The van der Waals surface area contributed by atoms with Gasteiger partial charge in [0.15, 0.2) is 5.79 Å². The van der Waals surface area contributed by atoms with E-state index in [9.17, 15) is 4.79 Å². The molecule has 1 aromatic carbocycles. The van der Waals surface area contributed by atoms with Crippen molar-refractivity contribution in [3.05, 3.63) is 35.4 Å². The molecule has 1 aromatic rings. The van der Waals surface area contributed by atoms with Gasteiger partial charge < -0.3 is 14.2 Å². The summed E-state index contributed by atoms with van der Waals surface area (Å²) in [5.74, 6) is -0.306. The first-order chi connectivity index (χ1) is 11.1. The van der Waals surface area contributed by atoms with Gasteiger partial charge in [-0.05, 0) is 44.0 Å². The second-order valence-corrected chi connectivity index (χ2v) is 6.48. The highest BCUT2D eigenvalue weighted by Gasteiger charge is 2.41. The van der Waals surface area contributed by atoms with E-state index in [1.807, 2.05) is 24.3 Å². The SMILES string of the molecule is COC(=O)c1ccc(CN2CCC[C@@H](C3(C)OCCO3)C2)cc1. The maximum absolute atomic E-state index is 11.5. The normalized spacial score (nSPS) is 24.5. The number of methoxy groups -OCH3 is 1. The molecule has 0 unspecified atom stereocenters. The lowest BCUT2D eigenvalue weighted by molar-refractivity contribution is -0.192. The molecule has 23 heavy (non-hydrogen) atoms. The summed E-state index contributed by atoms with van der Waals surface area (Å²) in [4.78, 5) is 13.9. The highest BCUT2D eigenvalue weighted by molar-refractivity contribution is 5.89. The van der Waals surface area contributed by atoms with Crippen molar-refractivity contribution >= 4 is 5.97 Å². The third-order valence-electron chi connectivity index (χ3n) is 4.89. The molecular formula is C18H25NO4. The van der Waals surface area contributed by atoms with E-state index < -0.39 is 5.79 Å². The fourth-order valence-corrected chi connectivity index (χ4v) is 3.52. The lowest BCUT2D eigenvalue weighted by Crippen LogP contribution is -2.46. The molecule has 2 saturated heterocycles. The van der Waals surface area contributed by atoms with Gasteiger partial charge in [0, 0.05) is 19.0 Å². The molecule has 1 atom stereocenters. The van der Waals surface area contributed by atoms with Crippen LogP contribution in [0.4, 0.5) is 0 Å². The minimum absolute atomic E-state index is 0.293. The topological polar surface area (TPSA) is 48.0 Å². The Bertz CT molecular complexity index is 536. The molecule has 0 aromatic heterocycles. The van der Waals surface area contributed by atoms with E-state index in [0.29, 0.717) is 24.7 Å². The number of hydrogen-bond acceptors (Lipinski definition) is 5. The van der Waals surface area contributed by atoms with Crippen LogP contribution in [0.25, 0.3) is 0 Å². The summed E-state index contributed by atoms with van der Waals surface area (Å²) in [6.45, 7) is 6.41. The predicted molar refractivity (Wildman–Crippen MR) is 86.1 cm³/mol. The third-order valence-corrected chi connectivity index (χ3v) is 4.89. The number of carbonyl (C=O) groups is 1. The second-order valence-electron chi connectivity index (χ2n) is 6.48. The average Bonchev–Trinajstić information content (AvgIpc) is 3.03. The molecule has 2 aliphatic rings. The van der Waals surface area contributed by atoms with Gasteiger partial charge in [-0.25, -0.2) is 4.79 Å². The quantitative estimate of drug-likeness (QED) is 0.798. The highest BCUT2D eigenvalue weighted by atomic mass is 16.7. The van der Waals surface area contributed by atoms with E-state index >= 15 is 0 Å². The fourth-order valence-electron chi connectivity index (χ4n) is 3.52. The zero-order chi connectivity index (χ0) is 16.3. The summed E-state index contributed by atoms with van der Waals surface area (Å²) < 4.78 is 16.4. The number of rotatable bonds is 4. The Kier molecular flexibility index (Phi) is 4.99. The maximum Gasteiger partial charge on any atom is 0.337 e. The molecule has 126 valence electrons. The van der Waals surface area contributed by atoms with Crippen molar-refractivity contribution in [2.24, 2.45) is 5.92 Å². The summed E-state index contributed by atoms with van der Waals surface area (Å²) >= 11 is 0. The van der Waals surface area contributed by atoms with Crippen LogP contribution in [0.1, 0.15) is 35.7 Å². The average molecular weight is 319 g/mol. The maximum atomic E-state index is 11.5. The monoisotopic (exact) mass is 319 g/mol. The van der Waals surface area contributed by atoms with Crippen molar-refractivity contribution in [3.8, 4) is 0 Å². The van der Waals surface area contributed by atoms with Gasteiger partial charge in [-0.1, -0.05) is 12.1 Å². The lowest BCUT2D eigenvalue weighted by atomic mass is 9.90. The summed E-state index contributed by atoms with van der Waals surface area (Å²) in [5, 5.41) is 0. The fraction of sp³-hybridized carbons (Fsp3) is 0.611. The van der Waals surface area contributed by atoms with Crippen LogP contribution in [0.15, 0.2) is 24.3 Å². The second kappa shape index (κ2) is 6.99. The van der Waals surface area contributed by atoms with Crippen molar-refractivity contribution in [1.82, 2.24) is 4.90 Å². The van der Waals surface area contributed by atoms with E-state index in [1.165, 1.54) is 12.7 Å². The number of nitrogens with zero attached hydrogens (tertiary/aromatic N) is 1. The van der Waals surface area contributed by atoms with Gasteiger partial charge >= 0.3 is 5.97 Å². The number of likely N-dealkylation sites (tertiary alicyclic amines) is 1. The Balaban J connectivity index is 1.60. The van der Waals surface area contributed by atoms with Gasteiger partial charge in [0.05, 0.1) is 25.9 Å². The van der Waals surface area contributed by atoms with Crippen LogP contribution in [0, 0.1) is 5.92 Å². The number of esters is 1. The van der Waals surface area contributed by atoms with Crippen LogP contribution >= 0.6 is 0 Å². The molecule has 0 bridgehead atoms. The minimum Gasteiger partial charge on any atom is -0.465 e. The zero-order valence-corrected chi connectivity index (χ0v) is 13.9. The number of ether oxygens (including phenoxy) is 3. The van der Waals surface area contributed by atoms with Gasteiger partial charge in [0.1, 0.15) is 0 Å². The first-order valence-electron chi connectivity index (χ1n) is 8.28. The van der Waals surface area contributed by atoms with E-state index in [1.54, 1.807) is 0 Å². The summed E-state index contributed by atoms with van der Waals surface area (Å²) in [6, 6.07) is 7.65. The largest absolute Gasteiger partial charge is 0.465 e. The van der Waals surface area contributed by atoms with Crippen LogP contribution in [-0.2, 0) is 20.8 Å². The molecule has 0 saturated carbocycles. The summed E-state index contributed by atoms with van der Waals surface area (Å²) in [6.07, 6.45) is 2.31. The van der Waals surface area contributed by atoms with Crippen molar-refractivity contribution in [3.63, 3.8) is 0 Å². The predicted octanol–water partition coefficient (Wildman–Crippen LogP) is 2.45. The molecule has 2 fully saturated rings.